The lowest BCUT2D eigenvalue weighted by molar-refractivity contribution is -0.149. The molecule has 0 aliphatic carbocycles. The van der Waals surface area contributed by atoms with E-state index in [1.54, 1.807) is 23.2 Å². The van der Waals surface area contributed by atoms with Gasteiger partial charge in [0, 0.05) is 34.6 Å². The number of ether oxygens (including phenoxy) is 1. The van der Waals surface area contributed by atoms with Gasteiger partial charge in [-0.1, -0.05) is 24.3 Å². The molecule has 3 aromatic rings. The van der Waals surface area contributed by atoms with Crippen LogP contribution in [0, 0.1) is 12.8 Å². The van der Waals surface area contributed by atoms with Gasteiger partial charge in [-0.3, -0.25) is 14.6 Å². The lowest BCUT2D eigenvalue weighted by Gasteiger charge is -2.32. The highest BCUT2D eigenvalue weighted by Crippen LogP contribution is 2.33. The Bertz CT molecular complexity index is 1050. The molecular weight excluding hydrogens is 384 g/mol. The molecule has 1 fully saturated rings. The molecule has 1 saturated heterocycles. The molecule has 1 amide bonds. The van der Waals surface area contributed by atoms with Crippen molar-refractivity contribution < 1.29 is 14.3 Å². The molecule has 1 aliphatic heterocycles. The van der Waals surface area contributed by atoms with E-state index in [1.165, 1.54) is 0 Å². The van der Waals surface area contributed by atoms with Gasteiger partial charge in [0.15, 0.2) is 0 Å². The third-order valence-electron chi connectivity index (χ3n) is 5.31. The molecule has 150 valence electrons. The Morgan fingerprint density at radius 1 is 1.28 bits per heavy atom. The molecule has 0 bridgehead atoms. The van der Waals surface area contributed by atoms with Crippen LogP contribution in [0.4, 0.5) is 0 Å². The molecule has 0 N–H and O–H groups in total. The highest BCUT2D eigenvalue weighted by Gasteiger charge is 2.30. The van der Waals surface area contributed by atoms with E-state index in [2.05, 4.69) is 6.07 Å². The Morgan fingerprint density at radius 3 is 2.90 bits per heavy atom. The molecule has 4 rings (SSSR count). The van der Waals surface area contributed by atoms with Crippen LogP contribution in [-0.4, -0.2) is 41.5 Å². The van der Waals surface area contributed by atoms with Crippen LogP contribution in [-0.2, 0) is 9.53 Å². The summed E-state index contributed by atoms with van der Waals surface area (Å²) in [6.45, 7) is 5.15. The SMILES string of the molecule is CCOC(=O)[C@H]1CCCN(C(=O)c2cc(C)nc3c(-c4cccs4)cccc23)C1. The van der Waals surface area contributed by atoms with E-state index in [1.807, 2.05) is 42.6 Å². The summed E-state index contributed by atoms with van der Waals surface area (Å²) in [6.07, 6.45) is 1.57. The van der Waals surface area contributed by atoms with E-state index in [0.717, 1.165) is 39.9 Å². The Labute approximate surface area is 174 Å². The molecule has 3 heterocycles. The van der Waals surface area contributed by atoms with Crippen LogP contribution >= 0.6 is 11.3 Å². The smallest absolute Gasteiger partial charge is 0.310 e. The summed E-state index contributed by atoms with van der Waals surface area (Å²) in [5.41, 5.74) is 3.34. The number of hydrogen-bond donors (Lipinski definition) is 0. The van der Waals surface area contributed by atoms with E-state index in [4.69, 9.17) is 9.72 Å². The van der Waals surface area contributed by atoms with Crippen LogP contribution in [0.1, 0.15) is 35.8 Å². The third kappa shape index (κ3) is 3.90. The number of thiophene rings is 1. The van der Waals surface area contributed by atoms with Crippen molar-refractivity contribution in [1.29, 1.82) is 0 Å². The lowest BCUT2D eigenvalue weighted by atomic mass is 9.96. The van der Waals surface area contributed by atoms with Crippen molar-refractivity contribution in [1.82, 2.24) is 9.88 Å². The molecular formula is C23H24N2O3S. The molecule has 1 atom stereocenters. The fourth-order valence-electron chi connectivity index (χ4n) is 3.97. The number of para-hydroxylation sites is 1. The Morgan fingerprint density at radius 2 is 2.14 bits per heavy atom. The van der Waals surface area contributed by atoms with Crippen molar-refractivity contribution in [3.63, 3.8) is 0 Å². The van der Waals surface area contributed by atoms with E-state index >= 15 is 0 Å². The predicted octanol–water partition coefficient (Wildman–Crippen LogP) is 4.69. The molecule has 6 heteroatoms. The van der Waals surface area contributed by atoms with Gasteiger partial charge < -0.3 is 9.64 Å². The second-order valence-electron chi connectivity index (χ2n) is 7.33. The summed E-state index contributed by atoms with van der Waals surface area (Å²) >= 11 is 1.66. The maximum absolute atomic E-state index is 13.4. The topological polar surface area (TPSA) is 59.5 Å². The molecule has 1 aromatic carbocycles. The maximum atomic E-state index is 13.4. The second-order valence-corrected chi connectivity index (χ2v) is 8.28. The predicted molar refractivity (Wildman–Crippen MR) is 115 cm³/mol. The van der Waals surface area contributed by atoms with Gasteiger partial charge in [-0.15, -0.1) is 11.3 Å². The third-order valence-corrected chi connectivity index (χ3v) is 6.22. The quantitative estimate of drug-likeness (QED) is 0.588. The fourth-order valence-corrected chi connectivity index (χ4v) is 4.72. The Kier molecular flexibility index (Phi) is 5.62. The average molecular weight is 409 g/mol. The molecule has 0 radical (unpaired) electrons. The lowest BCUT2D eigenvalue weighted by Crippen LogP contribution is -2.43. The number of fused-ring (bicyclic) bond motifs is 1. The first kappa shape index (κ1) is 19.6. The number of pyridine rings is 1. The minimum atomic E-state index is -0.247. The van der Waals surface area contributed by atoms with E-state index < -0.39 is 0 Å². The van der Waals surface area contributed by atoms with Gasteiger partial charge in [-0.25, -0.2) is 0 Å². The average Bonchev–Trinajstić information content (AvgIpc) is 3.27. The van der Waals surface area contributed by atoms with E-state index in [9.17, 15) is 9.59 Å². The largest absolute Gasteiger partial charge is 0.466 e. The van der Waals surface area contributed by atoms with Gasteiger partial charge in [0.1, 0.15) is 0 Å². The molecule has 5 nitrogen and oxygen atoms in total. The first-order valence-electron chi connectivity index (χ1n) is 9.98. The zero-order chi connectivity index (χ0) is 20.4. The number of esters is 1. The highest BCUT2D eigenvalue weighted by molar-refractivity contribution is 7.13. The van der Waals surface area contributed by atoms with Crippen molar-refractivity contribution in [2.45, 2.75) is 26.7 Å². The fraction of sp³-hybridized carbons (Fsp3) is 0.348. The monoisotopic (exact) mass is 408 g/mol. The summed E-state index contributed by atoms with van der Waals surface area (Å²) in [6, 6.07) is 11.9. The maximum Gasteiger partial charge on any atom is 0.310 e. The molecule has 1 aliphatic rings. The minimum Gasteiger partial charge on any atom is -0.466 e. The number of rotatable bonds is 4. The van der Waals surface area contributed by atoms with Crippen LogP contribution in [0.25, 0.3) is 21.3 Å². The number of hydrogen-bond acceptors (Lipinski definition) is 5. The van der Waals surface area contributed by atoms with Gasteiger partial charge in [0.2, 0.25) is 0 Å². The summed E-state index contributed by atoms with van der Waals surface area (Å²) < 4.78 is 5.18. The summed E-state index contributed by atoms with van der Waals surface area (Å²) in [4.78, 5) is 33.3. The van der Waals surface area contributed by atoms with E-state index in [-0.39, 0.29) is 17.8 Å². The first-order chi connectivity index (χ1) is 14.1. The standard InChI is InChI=1S/C23H24N2O3S/c1-3-28-23(27)16-7-5-11-25(14-16)22(26)19-13-15(2)24-21-17(19)8-4-9-18(21)20-10-6-12-29-20/h4,6,8-10,12-13,16H,3,5,7,11,14H2,1-2H3/t16-/m0/s1. The van der Waals surface area contributed by atoms with Gasteiger partial charge in [-0.2, -0.15) is 0 Å². The zero-order valence-electron chi connectivity index (χ0n) is 16.7. The van der Waals surface area contributed by atoms with Crippen LogP contribution in [0.3, 0.4) is 0 Å². The number of aryl methyl sites for hydroxylation is 1. The number of piperidine rings is 1. The molecule has 0 spiro atoms. The van der Waals surface area contributed by atoms with Crippen molar-refractivity contribution >= 4 is 34.1 Å². The number of benzene rings is 1. The van der Waals surface area contributed by atoms with Crippen LogP contribution in [0.15, 0.2) is 41.8 Å². The van der Waals surface area contributed by atoms with E-state index in [0.29, 0.717) is 25.3 Å². The van der Waals surface area contributed by atoms with Crippen molar-refractivity contribution in [3.05, 3.63) is 53.0 Å². The summed E-state index contributed by atoms with van der Waals surface area (Å²) in [5.74, 6) is -0.498. The zero-order valence-corrected chi connectivity index (χ0v) is 17.5. The van der Waals surface area contributed by atoms with Gasteiger partial charge in [0.25, 0.3) is 5.91 Å². The minimum absolute atomic E-state index is 0.0437. The highest BCUT2D eigenvalue weighted by atomic mass is 32.1. The van der Waals surface area contributed by atoms with Crippen LogP contribution in [0.5, 0.6) is 0 Å². The normalized spacial score (nSPS) is 16.8. The van der Waals surface area contributed by atoms with Gasteiger partial charge >= 0.3 is 5.97 Å². The number of likely N-dealkylation sites (tertiary alicyclic amines) is 1. The number of amides is 1. The molecule has 0 saturated carbocycles. The number of nitrogens with zero attached hydrogens (tertiary/aromatic N) is 2. The number of carbonyl (C=O) groups is 2. The van der Waals surface area contributed by atoms with Crippen LogP contribution in [0.2, 0.25) is 0 Å². The number of aromatic nitrogens is 1. The first-order valence-corrected chi connectivity index (χ1v) is 10.9. The van der Waals surface area contributed by atoms with Gasteiger partial charge in [0.05, 0.1) is 23.6 Å². The van der Waals surface area contributed by atoms with Gasteiger partial charge in [-0.05, 0) is 44.2 Å². The van der Waals surface area contributed by atoms with Crippen molar-refractivity contribution in [3.8, 4) is 10.4 Å². The van der Waals surface area contributed by atoms with Crippen molar-refractivity contribution in [2.24, 2.45) is 5.92 Å². The summed E-state index contributed by atoms with van der Waals surface area (Å²) in [7, 11) is 0. The molecule has 29 heavy (non-hydrogen) atoms. The van der Waals surface area contributed by atoms with Crippen molar-refractivity contribution in [2.75, 3.05) is 19.7 Å². The Hall–Kier alpha value is -2.73. The molecule has 0 unspecified atom stereocenters. The van der Waals surface area contributed by atoms with Crippen LogP contribution < -0.4 is 0 Å². The second kappa shape index (κ2) is 8.33. The Balaban J connectivity index is 1.71. The summed E-state index contributed by atoms with van der Waals surface area (Å²) in [5, 5.41) is 2.89. The number of carbonyl (C=O) groups excluding carboxylic acids is 2. The molecule has 2 aromatic heterocycles.